The summed E-state index contributed by atoms with van der Waals surface area (Å²) in [5.41, 5.74) is -1.42. The van der Waals surface area contributed by atoms with Crippen molar-refractivity contribution in [3.05, 3.63) is 0 Å². The third kappa shape index (κ3) is 5.32. The molecule has 0 aliphatic rings. The zero-order chi connectivity index (χ0) is 14.4. The first kappa shape index (κ1) is 17.3. The molecular weight excluding hydrogens is 258 g/mol. The number of carbonyl (C=O) groups is 1. The van der Waals surface area contributed by atoms with Gasteiger partial charge in [0, 0.05) is 0 Å². The predicted molar refractivity (Wildman–Crippen MR) is 69.0 cm³/mol. The Hall–Kier alpha value is -0.660. The van der Waals surface area contributed by atoms with Gasteiger partial charge in [-0.15, -0.1) is 0 Å². The van der Waals surface area contributed by atoms with Crippen LogP contribution in [0.25, 0.3) is 0 Å². The molecule has 7 heteroatoms. The Morgan fingerprint density at radius 1 is 1.33 bits per heavy atom. The van der Waals surface area contributed by atoms with Gasteiger partial charge in [-0.1, -0.05) is 13.8 Å². The zero-order valence-corrected chi connectivity index (χ0v) is 12.2. The first-order valence-corrected chi connectivity index (χ1v) is 7.71. The first-order valence-electron chi connectivity index (χ1n) is 6.05. The number of aliphatic carboxylic acids is 1. The van der Waals surface area contributed by atoms with Gasteiger partial charge in [0.2, 0.25) is 10.0 Å². The smallest absolute Gasteiger partial charge is 0.324 e. The van der Waals surface area contributed by atoms with Crippen LogP contribution in [-0.4, -0.2) is 43.5 Å². The summed E-state index contributed by atoms with van der Waals surface area (Å²) < 4.78 is 31.0. The second-order valence-corrected chi connectivity index (χ2v) is 6.28. The van der Waals surface area contributed by atoms with Crippen molar-refractivity contribution in [3.8, 4) is 0 Å². The van der Waals surface area contributed by atoms with Crippen LogP contribution in [0.5, 0.6) is 0 Å². The molecule has 0 aromatic rings. The molecule has 6 nitrogen and oxygen atoms in total. The zero-order valence-electron chi connectivity index (χ0n) is 11.4. The quantitative estimate of drug-likeness (QED) is 0.657. The molecule has 0 unspecified atom stereocenters. The fourth-order valence-electron chi connectivity index (χ4n) is 1.48. The van der Waals surface area contributed by atoms with Crippen LogP contribution >= 0.6 is 0 Å². The monoisotopic (exact) mass is 281 g/mol. The second-order valence-electron chi connectivity index (χ2n) is 4.43. The molecular formula is C11H23NO5S. The minimum atomic E-state index is -3.66. The van der Waals surface area contributed by atoms with Crippen molar-refractivity contribution in [1.82, 2.24) is 4.72 Å². The topological polar surface area (TPSA) is 92.7 Å². The van der Waals surface area contributed by atoms with Gasteiger partial charge in [-0.3, -0.25) is 4.79 Å². The van der Waals surface area contributed by atoms with Crippen molar-refractivity contribution < 1.29 is 23.1 Å². The summed E-state index contributed by atoms with van der Waals surface area (Å²) in [6, 6.07) is 0. The minimum Gasteiger partial charge on any atom is -0.480 e. The lowest BCUT2D eigenvalue weighted by atomic mass is 9.95. The van der Waals surface area contributed by atoms with E-state index in [1.54, 1.807) is 27.7 Å². The molecule has 0 amide bonds. The number of hydrogen-bond donors (Lipinski definition) is 2. The van der Waals surface area contributed by atoms with E-state index in [0.29, 0.717) is 0 Å². The molecule has 108 valence electrons. The number of carboxylic acid groups (broad SMARTS) is 1. The number of hydrogen-bond acceptors (Lipinski definition) is 4. The summed E-state index contributed by atoms with van der Waals surface area (Å²) >= 11 is 0. The van der Waals surface area contributed by atoms with Gasteiger partial charge >= 0.3 is 5.97 Å². The average Bonchev–Trinajstić information content (AvgIpc) is 2.24. The van der Waals surface area contributed by atoms with E-state index in [4.69, 9.17) is 9.84 Å². The molecule has 0 aromatic heterocycles. The molecule has 0 rings (SSSR count). The molecule has 2 N–H and O–H groups in total. The summed E-state index contributed by atoms with van der Waals surface area (Å²) in [5.74, 6) is -1.39. The maximum atomic E-state index is 11.8. The van der Waals surface area contributed by atoms with Crippen LogP contribution < -0.4 is 4.72 Å². The molecule has 0 heterocycles. The van der Waals surface area contributed by atoms with Gasteiger partial charge in [-0.2, -0.15) is 4.72 Å². The van der Waals surface area contributed by atoms with E-state index in [9.17, 15) is 13.2 Å². The van der Waals surface area contributed by atoms with Crippen LogP contribution in [0.1, 0.15) is 40.5 Å². The summed E-state index contributed by atoms with van der Waals surface area (Å²) in [4.78, 5) is 11.2. The van der Waals surface area contributed by atoms with E-state index in [-0.39, 0.29) is 31.3 Å². The Balaban J connectivity index is 4.67. The lowest BCUT2D eigenvalue weighted by molar-refractivity contribution is -0.144. The van der Waals surface area contributed by atoms with Crippen LogP contribution in [0.3, 0.4) is 0 Å². The Labute approximate surface area is 109 Å². The van der Waals surface area contributed by atoms with Gasteiger partial charge in [0.25, 0.3) is 0 Å². The maximum absolute atomic E-state index is 11.8. The molecule has 0 aliphatic heterocycles. The van der Waals surface area contributed by atoms with Crippen molar-refractivity contribution in [2.24, 2.45) is 0 Å². The lowest BCUT2D eigenvalue weighted by Gasteiger charge is -2.27. The SMILES string of the molecule is CCC(CC)(NS(=O)(=O)CCOC(C)C)C(=O)O. The standard InChI is InChI=1S/C11H23NO5S/c1-5-11(6-2,10(13)14)12-18(15,16)8-7-17-9(3)4/h9,12H,5-8H2,1-4H3,(H,13,14). The van der Waals surface area contributed by atoms with E-state index >= 15 is 0 Å². The number of sulfonamides is 1. The van der Waals surface area contributed by atoms with Crippen LogP contribution in [0.4, 0.5) is 0 Å². The van der Waals surface area contributed by atoms with Gasteiger partial charge in [-0.05, 0) is 26.7 Å². The summed E-state index contributed by atoms with van der Waals surface area (Å²) in [7, 11) is -3.66. The fraction of sp³-hybridized carbons (Fsp3) is 0.909. The van der Waals surface area contributed by atoms with E-state index in [1.807, 2.05) is 0 Å². The summed E-state index contributed by atoms with van der Waals surface area (Å²) in [6.07, 6.45) is 0.341. The molecule has 0 bridgehead atoms. The van der Waals surface area contributed by atoms with E-state index in [1.165, 1.54) is 0 Å². The van der Waals surface area contributed by atoms with Crippen molar-refractivity contribution in [3.63, 3.8) is 0 Å². The summed E-state index contributed by atoms with van der Waals surface area (Å²) in [5, 5.41) is 9.14. The van der Waals surface area contributed by atoms with Crippen LogP contribution in [0.2, 0.25) is 0 Å². The molecule has 0 radical (unpaired) electrons. The van der Waals surface area contributed by atoms with Gasteiger partial charge < -0.3 is 9.84 Å². The second kappa shape index (κ2) is 7.06. The lowest BCUT2D eigenvalue weighted by Crippen LogP contribution is -2.54. The van der Waals surface area contributed by atoms with Gasteiger partial charge in [-0.25, -0.2) is 8.42 Å². The molecule has 0 saturated carbocycles. The van der Waals surface area contributed by atoms with Gasteiger partial charge in [0.1, 0.15) is 5.54 Å². The van der Waals surface area contributed by atoms with Crippen molar-refractivity contribution in [1.29, 1.82) is 0 Å². The molecule has 0 spiro atoms. The highest BCUT2D eigenvalue weighted by Gasteiger charge is 2.38. The van der Waals surface area contributed by atoms with Crippen molar-refractivity contribution >= 4 is 16.0 Å². The van der Waals surface area contributed by atoms with E-state index < -0.39 is 21.5 Å². The highest BCUT2D eigenvalue weighted by atomic mass is 32.2. The molecule has 0 saturated heterocycles. The molecule has 0 fully saturated rings. The number of rotatable bonds is 9. The highest BCUT2D eigenvalue weighted by molar-refractivity contribution is 7.89. The summed E-state index contributed by atoms with van der Waals surface area (Å²) in [6.45, 7) is 6.95. The van der Waals surface area contributed by atoms with Crippen LogP contribution in [0, 0.1) is 0 Å². The molecule has 0 aliphatic carbocycles. The van der Waals surface area contributed by atoms with Crippen LogP contribution in [-0.2, 0) is 19.6 Å². The first-order chi connectivity index (χ1) is 8.19. The van der Waals surface area contributed by atoms with E-state index in [0.717, 1.165) is 0 Å². The minimum absolute atomic E-state index is 0.0517. The maximum Gasteiger partial charge on any atom is 0.324 e. The van der Waals surface area contributed by atoms with Crippen molar-refractivity contribution in [2.45, 2.75) is 52.2 Å². The Morgan fingerprint density at radius 2 is 1.83 bits per heavy atom. The highest BCUT2D eigenvalue weighted by Crippen LogP contribution is 2.17. The molecule has 0 atom stereocenters. The third-order valence-electron chi connectivity index (χ3n) is 2.77. The Morgan fingerprint density at radius 3 is 2.17 bits per heavy atom. The van der Waals surface area contributed by atoms with E-state index in [2.05, 4.69) is 4.72 Å². The predicted octanol–water partition coefficient (Wildman–Crippen LogP) is 0.974. The largest absolute Gasteiger partial charge is 0.480 e. The van der Waals surface area contributed by atoms with Crippen LogP contribution in [0.15, 0.2) is 0 Å². The Kier molecular flexibility index (Phi) is 6.80. The number of carboxylic acids is 1. The molecule has 18 heavy (non-hydrogen) atoms. The van der Waals surface area contributed by atoms with Gasteiger partial charge in [0.15, 0.2) is 0 Å². The number of nitrogens with one attached hydrogen (secondary N) is 1. The number of ether oxygens (including phenoxy) is 1. The fourth-order valence-corrected chi connectivity index (χ4v) is 2.87. The third-order valence-corrected chi connectivity index (χ3v) is 4.18. The van der Waals surface area contributed by atoms with Gasteiger partial charge in [0.05, 0.1) is 18.5 Å². The molecule has 0 aromatic carbocycles. The Bertz CT molecular complexity index is 360. The normalized spacial score (nSPS) is 12.9. The van der Waals surface area contributed by atoms with Crippen molar-refractivity contribution in [2.75, 3.05) is 12.4 Å². The average molecular weight is 281 g/mol.